The molecule has 5 nitrogen and oxygen atoms in total. The molecule has 2 heterocycles. The summed E-state index contributed by atoms with van der Waals surface area (Å²) < 4.78 is 1.87. The van der Waals surface area contributed by atoms with Gasteiger partial charge >= 0.3 is 0 Å². The third-order valence-electron chi connectivity index (χ3n) is 4.16. The molecule has 3 rings (SSSR count). The molecule has 94 valence electrons. The number of hydrogen-bond donors (Lipinski definition) is 1. The highest BCUT2D eigenvalue weighted by molar-refractivity contribution is 5.02. The van der Waals surface area contributed by atoms with Crippen molar-refractivity contribution in [2.75, 3.05) is 19.6 Å². The standard InChI is InChI=1S/C12H21N5/c1-12(10-3-4-10)8-17(6-5-14-12)7-11-13-9-15-16(11)2/h9-10,14H,3-8H2,1-2H3. The summed E-state index contributed by atoms with van der Waals surface area (Å²) in [5.74, 6) is 1.94. The normalized spacial score (nSPS) is 30.7. The topological polar surface area (TPSA) is 46.0 Å². The van der Waals surface area contributed by atoms with Crippen LogP contribution in [0.1, 0.15) is 25.6 Å². The second-order valence-corrected chi connectivity index (χ2v) is 5.63. The quantitative estimate of drug-likeness (QED) is 0.823. The lowest BCUT2D eigenvalue weighted by atomic mass is 9.93. The molecule has 1 aliphatic carbocycles. The van der Waals surface area contributed by atoms with Crippen LogP contribution in [0.25, 0.3) is 0 Å². The maximum atomic E-state index is 4.31. The highest BCUT2D eigenvalue weighted by Gasteiger charge is 2.43. The van der Waals surface area contributed by atoms with Crippen LogP contribution in [0.15, 0.2) is 6.33 Å². The van der Waals surface area contributed by atoms with Crippen molar-refractivity contribution in [3.05, 3.63) is 12.2 Å². The molecule has 0 spiro atoms. The first-order valence-corrected chi connectivity index (χ1v) is 6.48. The van der Waals surface area contributed by atoms with Gasteiger partial charge in [0.25, 0.3) is 0 Å². The van der Waals surface area contributed by atoms with E-state index in [-0.39, 0.29) is 0 Å². The van der Waals surface area contributed by atoms with Gasteiger partial charge in [-0.1, -0.05) is 0 Å². The van der Waals surface area contributed by atoms with E-state index in [2.05, 4.69) is 27.2 Å². The highest BCUT2D eigenvalue weighted by atomic mass is 15.3. The van der Waals surface area contributed by atoms with Gasteiger partial charge in [-0.25, -0.2) is 4.98 Å². The van der Waals surface area contributed by atoms with E-state index in [0.717, 1.165) is 37.9 Å². The van der Waals surface area contributed by atoms with E-state index < -0.39 is 0 Å². The average molecular weight is 235 g/mol. The van der Waals surface area contributed by atoms with E-state index in [1.807, 2.05) is 11.7 Å². The SMILES string of the molecule is Cn1ncnc1CN1CCNC(C)(C2CC2)C1. The molecule has 2 aliphatic rings. The Hall–Kier alpha value is -0.940. The Morgan fingerprint density at radius 3 is 3.00 bits per heavy atom. The number of nitrogens with one attached hydrogen (secondary N) is 1. The molecule has 1 atom stereocenters. The molecule has 0 bridgehead atoms. The fourth-order valence-corrected chi connectivity index (χ4v) is 2.89. The Bertz CT molecular complexity index is 397. The monoisotopic (exact) mass is 235 g/mol. The number of aryl methyl sites for hydroxylation is 1. The molecular weight excluding hydrogens is 214 g/mol. The van der Waals surface area contributed by atoms with Crippen LogP contribution in [-0.2, 0) is 13.6 Å². The summed E-state index contributed by atoms with van der Waals surface area (Å²) in [5, 5.41) is 7.83. The van der Waals surface area contributed by atoms with Crippen molar-refractivity contribution in [3.8, 4) is 0 Å². The van der Waals surface area contributed by atoms with E-state index in [1.54, 1.807) is 6.33 Å². The zero-order chi connectivity index (χ0) is 11.9. The van der Waals surface area contributed by atoms with Gasteiger partial charge in [0.2, 0.25) is 0 Å². The predicted octanol–water partition coefficient (Wildman–Crippen LogP) is 0.389. The van der Waals surface area contributed by atoms with Crippen molar-refractivity contribution >= 4 is 0 Å². The molecule has 1 aromatic rings. The Labute approximate surface area is 102 Å². The summed E-state index contributed by atoms with van der Waals surface area (Å²) in [4.78, 5) is 6.81. The summed E-state index contributed by atoms with van der Waals surface area (Å²) in [6.45, 7) is 6.61. The van der Waals surface area contributed by atoms with Crippen molar-refractivity contribution < 1.29 is 0 Å². The van der Waals surface area contributed by atoms with Gasteiger partial charge in [-0.15, -0.1) is 0 Å². The zero-order valence-corrected chi connectivity index (χ0v) is 10.7. The molecule has 1 saturated carbocycles. The fourth-order valence-electron chi connectivity index (χ4n) is 2.89. The lowest BCUT2D eigenvalue weighted by Crippen LogP contribution is -2.59. The van der Waals surface area contributed by atoms with Crippen LogP contribution in [0.4, 0.5) is 0 Å². The summed E-state index contributed by atoms with van der Waals surface area (Å²) in [5.41, 5.74) is 0.316. The van der Waals surface area contributed by atoms with Gasteiger partial charge in [0, 0.05) is 32.2 Å². The number of hydrogen-bond acceptors (Lipinski definition) is 4. The second kappa shape index (κ2) is 4.07. The van der Waals surface area contributed by atoms with Gasteiger partial charge in [0.05, 0.1) is 6.54 Å². The van der Waals surface area contributed by atoms with Crippen LogP contribution in [0.3, 0.4) is 0 Å². The Morgan fingerprint density at radius 1 is 1.53 bits per heavy atom. The minimum atomic E-state index is 0.316. The third-order valence-corrected chi connectivity index (χ3v) is 4.16. The smallest absolute Gasteiger partial charge is 0.140 e. The Kier molecular flexibility index (Phi) is 2.67. The number of rotatable bonds is 3. The predicted molar refractivity (Wildman–Crippen MR) is 65.4 cm³/mol. The number of aromatic nitrogens is 3. The zero-order valence-electron chi connectivity index (χ0n) is 10.7. The van der Waals surface area contributed by atoms with Crippen LogP contribution in [0.2, 0.25) is 0 Å². The molecule has 5 heteroatoms. The van der Waals surface area contributed by atoms with Crippen LogP contribution in [0.5, 0.6) is 0 Å². The Balaban J connectivity index is 1.66. The molecule has 2 fully saturated rings. The van der Waals surface area contributed by atoms with Gasteiger partial charge in [0.1, 0.15) is 12.2 Å². The molecular formula is C12H21N5. The van der Waals surface area contributed by atoms with Gasteiger partial charge in [0.15, 0.2) is 0 Å². The first kappa shape index (κ1) is 11.2. The molecule has 1 saturated heterocycles. The van der Waals surface area contributed by atoms with E-state index in [0.29, 0.717) is 5.54 Å². The minimum absolute atomic E-state index is 0.316. The maximum Gasteiger partial charge on any atom is 0.140 e. The van der Waals surface area contributed by atoms with E-state index in [4.69, 9.17) is 0 Å². The van der Waals surface area contributed by atoms with E-state index >= 15 is 0 Å². The van der Waals surface area contributed by atoms with Crippen molar-refractivity contribution in [2.45, 2.75) is 31.8 Å². The molecule has 1 aliphatic heterocycles. The summed E-state index contributed by atoms with van der Waals surface area (Å²) in [6, 6.07) is 0. The van der Waals surface area contributed by atoms with Crippen molar-refractivity contribution in [3.63, 3.8) is 0 Å². The molecule has 17 heavy (non-hydrogen) atoms. The summed E-state index contributed by atoms with van der Waals surface area (Å²) in [6.07, 6.45) is 4.42. The van der Waals surface area contributed by atoms with Gasteiger partial charge in [-0.05, 0) is 25.7 Å². The molecule has 1 aromatic heterocycles. The molecule has 0 radical (unpaired) electrons. The first-order valence-electron chi connectivity index (χ1n) is 6.48. The second-order valence-electron chi connectivity index (χ2n) is 5.63. The Morgan fingerprint density at radius 2 is 2.35 bits per heavy atom. The van der Waals surface area contributed by atoms with Crippen LogP contribution >= 0.6 is 0 Å². The highest BCUT2D eigenvalue weighted by Crippen LogP contribution is 2.40. The van der Waals surface area contributed by atoms with Crippen molar-refractivity contribution in [2.24, 2.45) is 13.0 Å². The summed E-state index contributed by atoms with van der Waals surface area (Å²) >= 11 is 0. The lowest BCUT2D eigenvalue weighted by Gasteiger charge is -2.41. The van der Waals surface area contributed by atoms with Crippen LogP contribution < -0.4 is 5.32 Å². The van der Waals surface area contributed by atoms with E-state index in [9.17, 15) is 0 Å². The van der Waals surface area contributed by atoms with Crippen molar-refractivity contribution in [1.82, 2.24) is 25.0 Å². The lowest BCUT2D eigenvalue weighted by molar-refractivity contribution is 0.118. The average Bonchev–Trinajstić information content (AvgIpc) is 3.07. The molecule has 0 amide bonds. The molecule has 0 aromatic carbocycles. The summed E-state index contributed by atoms with van der Waals surface area (Å²) in [7, 11) is 1.96. The van der Waals surface area contributed by atoms with Crippen molar-refractivity contribution in [1.29, 1.82) is 0 Å². The largest absolute Gasteiger partial charge is 0.309 e. The molecule has 1 N–H and O–H groups in total. The fraction of sp³-hybridized carbons (Fsp3) is 0.833. The van der Waals surface area contributed by atoms with Crippen LogP contribution in [0, 0.1) is 5.92 Å². The van der Waals surface area contributed by atoms with Gasteiger partial charge in [-0.3, -0.25) is 9.58 Å². The first-order chi connectivity index (χ1) is 8.17. The van der Waals surface area contributed by atoms with E-state index in [1.165, 1.54) is 12.8 Å². The molecule has 1 unspecified atom stereocenters. The number of nitrogens with zero attached hydrogens (tertiary/aromatic N) is 4. The third kappa shape index (κ3) is 2.21. The number of piperazine rings is 1. The minimum Gasteiger partial charge on any atom is -0.309 e. The maximum absolute atomic E-state index is 4.31. The van der Waals surface area contributed by atoms with Gasteiger partial charge in [-0.2, -0.15) is 5.10 Å². The van der Waals surface area contributed by atoms with Crippen LogP contribution in [-0.4, -0.2) is 44.8 Å². The van der Waals surface area contributed by atoms with Gasteiger partial charge < -0.3 is 5.32 Å².